The first-order chi connectivity index (χ1) is 6.27. The maximum atomic E-state index is 6.02. The van der Waals surface area contributed by atoms with Crippen LogP contribution >= 0.6 is 0 Å². The molecule has 0 saturated carbocycles. The predicted molar refractivity (Wildman–Crippen MR) is 52.4 cm³/mol. The normalized spacial score (nSPS) is 25.4. The molecule has 0 aromatic rings. The molecule has 2 heterocycles. The fraction of sp³-hybridized carbons (Fsp3) is 1.00. The van der Waals surface area contributed by atoms with Gasteiger partial charge < -0.3 is 13.9 Å². The van der Waals surface area contributed by atoms with Crippen molar-refractivity contribution < 1.29 is 13.9 Å². The van der Waals surface area contributed by atoms with E-state index in [2.05, 4.69) is 13.5 Å². The lowest BCUT2D eigenvalue weighted by molar-refractivity contribution is -0.00173. The van der Waals surface area contributed by atoms with E-state index in [0.29, 0.717) is 11.1 Å². The summed E-state index contributed by atoms with van der Waals surface area (Å²) in [7, 11) is -1.53. The van der Waals surface area contributed by atoms with Crippen LogP contribution in [0.1, 0.15) is 6.92 Å². The molecular weight excluding hydrogens is 184 g/mol. The van der Waals surface area contributed by atoms with Gasteiger partial charge in [0.15, 0.2) is 0 Å². The monoisotopic (exact) mass is 202 g/mol. The van der Waals surface area contributed by atoms with Crippen molar-refractivity contribution in [2.24, 2.45) is 0 Å². The van der Waals surface area contributed by atoms with Crippen LogP contribution in [0, 0.1) is 0 Å². The van der Waals surface area contributed by atoms with Crippen molar-refractivity contribution in [1.29, 1.82) is 0 Å². The van der Waals surface area contributed by atoms with E-state index in [0.717, 1.165) is 33.0 Å². The van der Waals surface area contributed by atoms with Gasteiger partial charge in [-0.3, -0.25) is 0 Å². The van der Waals surface area contributed by atoms with Crippen molar-refractivity contribution in [3.8, 4) is 0 Å². The van der Waals surface area contributed by atoms with Crippen LogP contribution in [0.2, 0.25) is 17.6 Å². The van der Waals surface area contributed by atoms with Crippen LogP contribution in [0.25, 0.3) is 0 Å². The number of hydrogen-bond acceptors (Lipinski definition) is 3. The van der Waals surface area contributed by atoms with Gasteiger partial charge in [0.2, 0.25) is 8.32 Å². The molecule has 0 unspecified atom stereocenters. The van der Waals surface area contributed by atoms with E-state index in [9.17, 15) is 0 Å². The summed E-state index contributed by atoms with van der Waals surface area (Å²) in [5.41, 5.74) is 1.42. The Labute approximate surface area is 80.5 Å². The lowest BCUT2D eigenvalue weighted by atomic mass is 10.4. The van der Waals surface area contributed by atoms with Crippen LogP contribution in [-0.4, -0.2) is 41.4 Å². The van der Waals surface area contributed by atoms with Crippen LogP contribution < -0.4 is 0 Å². The van der Waals surface area contributed by atoms with Gasteiger partial charge in [-0.15, -0.1) is 0 Å². The van der Waals surface area contributed by atoms with Crippen molar-refractivity contribution in [1.82, 2.24) is 0 Å². The van der Waals surface area contributed by atoms with Gasteiger partial charge in [0.25, 0.3) is 0 Å². The molecule has 76 valence electrons. The van der Waals surface area contributed by atoms with Gasteiger partial charge in [-0.05, 0) is 13.5 Å². The molecule has 2 rings (SSSR count). The molecule has 2 aliphatic heterocycles. The SMILES string of the molecule is CCO[Si](C)(C1COC1)C1COC1. The molecule has 2 saturated heterocycles. The Kier molecular flexibility index (Phi) is 2.74. The maximum Gasteiger partial charge on any atom is 0.204 e. The molecule has 0 radical (unpaired) electrons. The number of ether oxygens (including phenoxy) is 2. The Hall–Kier alpha value is 0.0969. The average Bonchev–Trinajstić information content (AvgIpc) is 1.76. The van der Waals surface area contributed by atoms with E-state index in [1.807, 2.05) is 0 Å². The largest absolute Gasteiger partial charge is 0.416 e. The number of rotatable bonds is 4. The zero-order valence-corrected chi connectivity index (χ0v) is 9.41. The molecule has 0 aromatic heterocycles. The minimum Gasteiger partial charge on any atom is -0.416 e. The first-order valence-electron chi connectivity index (χ1n) is 5.06. The lowest BCUT2D eigenvalue weighted by Gasteiger charge is -2.47. The molecule has 0 amide bonds. The highest BCUT2D eigenvalue weighted by Gasteiger charge is 2.51. The third-order valence-corrected chi connectivity index (χ3v) is 8.17. The van der Waals surface area contributed by atoms with Crippen LogP contribution in [0.15, 0.2) is 0 Å². The van der Waals surface area contributed by atoms with Crippen molar-refractivity contribution in [2.45, 2.75) is 24.6 Å². The lowest BCUT2D eigenvalue weighted by Crippen LogP contribution is -2.57. The Balaban J connectivity index is 1.99. The van der Waals surface area contributed by atoms with Gasteiger partial charge in [0, 0.05) is 17.7 Å². The third kappa shape index (κ3) is 1.56. The molecule has 4 heteroatoms. The molecule has 2 aliphatic rings. The van der Waals surface area contributed by atoms with Crippen LogP contribution in [-0.2, 0) is 13.9 Å². The highest BCUT2D eigenvalue weighted by molar-refractivity contribution is 6.76. The molecular formula is C9H18O3Si. The second kappa shape index (κ2) is 3.69. The van der Waals surface area contributed by atoms with Crippen LogP contribution in [0.3, 0.4) is 0 Å². The van der Waals surface area contributed by atoms with Gasteiger partial charge in [0.1, 0.15) is 0 Å². The second-order valence-corrected chi connectivity index (χ2v) is 8.37. The minimum absolute atomic E-state index is 0.710. The topological polar surface area (TPSA) is 27.7 Å². The fourth-order valence-corrected chi connectivity index (χ4v) is 5.57. The van der Waals surface area contributed by atoms with E-state index in [4.69, 9.17) is 13.9 Å². The maximum absolute atomic E-state index is 6.02. The van der Waals surface area contributed by atoms with E-state index in [1.165, 1.54) is 0 Å². The third-order valence-electron chi connectivity index (χ3n) is 3.35. The zero-order valence-electron chi connectivity index (χ0n) is 8.41. The van der Waals surface area contributed by atoms with Gasteiger partial charge in [0.05, 0.1) is 26.4 Å². The van der Waals surface area contributed by atoms with Crippen LogP contribution in [0.4, 0.5) is 0 Å². The summed E-state index contributed by atoms with van der Waals surface area (Å²) >= 11 is 0. The van der Waals surface area contributed by atoms with Gasteiger partial charge in [-0.2, -0.15) is 0 Å². The molecule has 3 nitrogen and oxygen atoms in total. The van der Waals surface area contributed by atoms with Gasteiger partial charge >= 0.3 is 0 Å². The standard InChI is InChI=1S/C9H18O3Si/c1-3-12-13(2,8-4-10-5-8)9-6-11-7-9/h8-9H,3-7H2,1-2H3. The highest BCUT2D eigenvalue weighted by Crippen LogP contribution is 2.42. The summed E-state index contributed by atoms with van der Waals surface area (Å²) < 4.78 is 16.5. The molecule has 0 spiro atoms. The first kappa shape index (κ1) is 9.64. The molecule has 0 aliphatic carbocycles. The van der Waals surface area contributed by atoms with Crippen molar-refractivity contribution in [3.63, 3.8) is 0 Å². The summed E-state index contributed by atoms with van der Waals surface area (Å²) in [6.07, 6.45) is 0. The summed E-state index contributed by atoms with van der Waals surface area (Å²) in [5, 5.41) is 0. The summed E-state index contributed by atoms with van der Waals surface area (Å²) in [5.74, 6) is 0. The molecule has 0 aromatic carbocycles. The second-order valence-electron chi connectivity index (χ2n) is 4.09. The molecule has 0 bridgehead atoms. The predicted octanol–water partition coefficient (Wildman–Crippen LogP) is 1.40. The minimum atomic E-state index is -1.53. The van der Waals surface area contributed by atoms with Crippen molar-refractivity contribution in [3.05, 3.63) is 0 Å². The van der Waals surface area contributed by atoms with Gasteiger partial charge in [-0.1, -0.05) is 0 Å². The van der Waals surface area contributed by atoms with Crippen molar-refractivity contribution >= 4 is 8.32 Å². The quantitative estimate of drug-likeness (QED) is 0.645. The van der Waals surface area contributed by atoms with E-state index < -0.39 is 8.32 Å². The fourth-order valence-electron chi connectivity index (χ4n) is 2.01. The molecule has 0 atom stereocenters. The Morgan fingerprint density at radius 3 is 1.85 bits per heavy atom. The summed E-state index contributed by atoms with van der Waals surface area (Å²) in [4.78, 5) is 0. The summed E-state index contributed by atoms with van der Waals surface area (Å²) in [6.45, 7) is 8.94. The highest BCUT2D eigenvalue weighted by atomic mass is 28.4. The Morgan fingerprint density at radius 2 is 1.62 bits per heavy atom. The first-order valence-corrected chi connectivity index (χ1v) is 7.63. The molecule has 13 heavy (non-hydrogen) atoms. The molecule has 0 N–H and O–H groups in total. The van der Waals surface area contributed by atoms with E-state index in [-0.39, 0.29) is 0 Å². The Morgan fingerprint density at radius 1 is 1.15 bits per heavy atom. The van der Waals surface area contributed by atoms with Crippen LogP contribution in [0.5, 0.6) is 0 Å². The van der Waals surface area contributed by atoms with Gasteiger partial charge in [-0.25, -0.2) is 0 Å². The van der Waals surface area contributed by atoms with Crippen molar-refractivity contribution in [2.75, 3.05) is 33.0 Å². The summed E-state index contributed by atoms with van der Waals surface area (Å²) in [6, 6.07) is 0. The number of hydrogen-bond donors (Lipinski definition) is 0. The average molecular weight is 202 g/mol. The zero-order chi connectivity index (χ0) is 9.31. The van der Waals surface area contributed by atoms with E-state index in [1.54, 1.807) is 0 Å². The smallest absolute Gasteiger partial charge is 0.204 e. The molecule has 2 fully saturated rings. The van der Waals surface area contributed by atoms with E-state index >= 15 is 0 Å². The Bertz CT molecular complexity index is 164.